The van der Waals surface area contributed by atoms with Crippen LogP contribution in [-0.4, -0.2) is 18.3 Å². The molecule has 200 valence electrons. The van der Waals surface area contributed by atoms with Crippen LogP contribution in [0.15, 0.2) is 58.9 Å². The van der Waals surface area contributed by atoms with E-state index in [1.165, 1.54) is 12.0 Å². The Morgan fingerprint density at radius 3 is 2.46 bits per heavy atom. The van der Waals surface area contributed by atoms with Crippen LogP contribution in [0, 0.1) is 33.0 Å². The maximum absolute atomic E-state index is 13.2. The predicted octanol–water partition coefficient (Wildman–Crippen LogP) is 7.13. The lowest BCUT2D eigenvalue weighted by molar-refractivity contribution is -0.176. The van der Waals surface area contributed by atoms with Gasteiger partial charge in [0.15, 0.2) is 5.76 Å². The van der Waals surface area contributed by atoms with Crippen LogP contribution in [0.2, 0.25) is 0 Å². The molecule has 3 saturated carbocycles. The number of carbonyl (C=O) groups is 2. The average molecular weight is 504 g/mol. The van der Waals surface area contributed by atoms with Gasteiger partial charge in [0, 0.05) is 16.4 Å². The van der Waals surface area contributed by atoms with Crippen LogP contribution in [0.25, 0.3) is 0 Å². The van der Waals surface area contributed by atoms with Crippen LogP contribution in [0.3, 0.4) is 0 Å². The lowest BCUT2D eigenvalue weighted by atomic mass is 9.33. The molecule has 5 rings (SSSR count). The van der Waals surface area contributed by atoms with Gasteiger partial charge in [-0.15, -0.1) is 0 Å². The first-order valence-corrected chi connectivity index (χ1v) is 14.3. The van der Waals surface area contributed by atoms with Gasteiger partial charge >= 0.3 is 0 Å². The molecule has 0 heterocycles. The number of carbonyl (C=O) groups excluding carboxylic acids is 2. The van der Waals surface area contributed by atoms with Crippen LogP contribution in [0.5, 0.6) is 0 Å². The highest BCUT2D eigenvalue weighted by Gasteiger charge is 2.68. The third kappa shape index (κ3) is 3.32. The summed E-state index contributed by atoms with van der Waals surface area (Å²) in [6, 6.07) is 0. The summed E-state index contributed by atoms with van der Waals surface area (Å²) in [5, 5.41) is 0. The van der Waals surface area contributed by atoms with Gasteiger partial charge < -0.3 is 10.5 Å². The van der Waals surface area contributed by atoms with Gasteiger partial charge in [-0.1, -0.05) is 65.0 Å². The number of ketones is 1. The Balaban J connectivity index is 1.63. The molecule has 0 unspecified atom stereocenters. The Kier molecular flexibility index (Phi) is 5.90. The third-order valence-electron chi connectivity index (χ3n) is 12.1. The van der Waals surface area contributed by atoms with Crippen molar-refractivity contribution in [2.45, 2.75) is 92.9 Å². The number of fused-ring (bicyclic) bond motifs is 7. The Labute approximate surface area is 223 Å². The van der Waals surface area contributed by atoms with Gasteiger partial charge in [-0.05, 0) is 97.7 Å². The van der Waals surface area contributed by atoms with Crippen molar-refractivity contribution in [1.29, 1.82) is 0 Å². The van der Waals surface area contributed by atoms with Gasteiger partial charge in [0.25, 0.3) is 0 Å². The fourth-order valence-electron chi connectivity index (χ4n) is 9.56. The van der Waals surface area contributed by atoms with Crippen molar-refractivity contribution in [3.63, 3.8) is 0 Å². The summed E-state index contributed by atoms with van der Waals surface area (Å²) >= 11 is 0. The first kappa shape index (κ1) is 26.3. The predicted molar refractivity (Wildman–Crippen MR) is 148 cm³/mol. The van der Waals surface area contributed by atoms with Crippen molar-refractivity contribution in [3.05, 3.63) is 58.9 Å². The molecule has 5 aliphatic carbocycles. The largest absolute Gasteiger partial charge is 0.485 e. The summed E-state index contributed by atoms with van der Waals surface area (Å²) in [6.45, 7) is 17.9. The normalized spacial score (nSPS) is 42.8. The van der Waals surface area contributed by atoms with Crippen LogP contribution >= 0.6 is 0 Å². The van der Waals surface area contributed by atoms with Crippen LogP contribution in [0.1, 0.15) is 92.9 Å². The van der Waals surface area contributed by atoms with E-state index in [1.807, 2.05) is 13.0 Å². The molecule has 0 aromatic heterocycles. The van der Waals surface area contributed by atoms with E-state index in [4.69, 9.17) is 10.5 Å². The van der Waals surface area contributed by atoms with Crippen molar-refractivity contribution in [2.75, 3.05) is 6.61 Å². The molecule has 37 heavy (non-hydrogen) atoms. The van der Waals surface area contributed by atoms with Gasteiger partial charge in [-0.2, -0.15) is 0 Å². The Morgan fingerprint density at radius 1 is 1.11 bits per heavy atom. The second-order valence-electron chi connectivity index (χ2n) is 13.6. The smallest absolute Gasteiger partial charge is 0.223 e. The molecule has 6 atom stereocenters. The molecule has 4 heteroatoms. The van der Waals surface area contributed by atoms with E-state index in [1.54, 1.807) is 6.08 Å². The van der Waals surface area contributed by atoms with Crippen molar-refractivity contribution in [1.82, 2.24) is 0 Å². The third-order valence-corrected chi connectivity index (χ3v) is 12.1. The highest BCUT2D eigenvalue weighted by Crippen LogP contribution is 2.76. The minimum Gasteiger partial charge on any atom is -0.485 e. The molecular weight excluding hydrogens is 458 g/mol. The van der Waals surface area contributed by atoms with Crippen molar-refractivity contribution in [2.24, 2.45) is 38.7 Å². The molecule has 0 aliphatic heterocycles. The van der Waals surface area contributed by atoms with Gasteiger partial charge in [0.2, 0.25) is 11.7 Å². The Hall–Kier alpha value is -2.36. The maximum atomic E-state index is 13.2. The van der Waals surface area contributed by atoms with Crippen LogP contribution in [-0.2, 0) is 14.3 Å². The molecule has 3 fully saturated rings. The molecule has 0 radical (unpaired) electrons. The van der Waals surface area contributed by atoms with Gasteiger partial charge in [-0.25, -0.2) is 0 Å². The van der Waals surface area contributed by atoms with E-state index < -0.39 is 5.41 Å². The van der Waals surface area contributed by atoms with Gasteiger partial charge in [0.05, 0.1) is 0 Å². The number of rotatable bonds is 5. The van der Waals surface area contributed by atoms with E-state index in [9.17, 15) is 9.59 Å². The minimum absolute atomic E-state index is 0.00201. The van der Waals surface area contributed by atoms with E-state index in [2.05, 4.69) is 53.3 Å². The molecule has 2 N–H and O–H groups in total. The van der Waals surface area contributed by atoms with Gasteiger partial charge in [-0.3, -0.25) is 9.59 Å². The number of hydrogen-bond acceptors (Lipinski definition) is 3. The first-order chi connectivity index (χ1) is 17.3. The zero-order valence-corrected chi connectivity index (χ0v) is 23.8. The van der Waals surface area contributed by atoms with Crippen LogP contribution in [0.4, 0.5) is 0 Å². The maximum Gasteiger partial charge on any atom is 0.223 e. The lowest BCUT2D eigenvalue weighted by Crippen LogP contribution is -2.63. The Bertz CT molecular complexity index is 1200. The number of hydrogen-bond donors (Lipinski definition) is 1. The molecule has 0 aromatic carbocycles. The van der Waals surface area contributed by atoms with Crippen molar-refractivity contribution in [3.8, 4) is 0 Å². The highest BCUT2D eigenvalue weighted by molar-refractivity contribution is 6.07. The van der Waals surface area contributed by atoms with Gasteiger partial charge in [0.1, 0.15) is 6.61 Å². The molecule has 5 aliphatic rings. The summed E-state index contributed by atoms with van der Waals surface area (Å²) in [5.74, 6) is 0.725. The highest BCUT2D eigenvalue weighted by atomic mass is 16.5. The Morgan fingerprint density at radius 2 is 1.81 bits per heavy atom. The zero-order valence-electron chi connectivity index (χ0n) is 23.8. The summed E-state index contributed by atoms with van der Waals surface area (Å²) in [6.07, 6.45) is 16.5. The quantitative estimate of drug-likeness (QED) is 0.406. The standard InChI is InChI=1S/C33H45NO3/c1-8-18-37-27-21(3)22-10-11-25-31(6,23(22)19-24(27)35)15-17-33(9-2)26-20-30(5,28(34)36)13-12-29(26,4)14-16-32(25,33)7/h8,10-11,19,26H,1,9,12-18,20H2,2-7H3,(H2,34,36)/t26-,29-,30-,31+,32-,33+/m1/s1. The second kappa shape index (κ2) is 8.32. The number of allylic oxidation sites excluding steroid dienone is 7. The molecule has 0 saturated heterocycles. The summed E-state index contributed by atoms with van der Waals surface area (Å²) < 4.78 is 5.79. The van der Waals surface area contributed by atoms with E-state index in [0.717, 1.165) is 61.7 Å². The fraction of sp³-hybridized carbons (Fsp3) is 0.636. The fourth-order valence-corrected chi connectivity index (χ4v) is 9.56. The van der Waals surface area contributed by atoms with E-state index in [0.29, 0.717) is 18.3 Å². The summed E-state index contributed by atoms with van der Waals surface area (Å²) in [4.78, 5) is 25.9. The number of nitrogens with two attached hydrogens (primary N) is 1. The number of amides is 1. The minimum atomic E-state index is -0.429. The molecular formula is C33H45NO3. The van der Waals surface area contributed by atoms with Crippen LogP contribution < -0.4 is 5.73 Å². The second-order valence-corrected chi connectivity index (χ2v) is 13.6. The first-order valence-electron chi connectivity index (χ1n) is 14.3. The molecule has 0 aromatic rings. The molecule has 1 amide bonds. The number of ether oxygens (including phenoxy) is 1. The lowest BCUT2D eigenvalue weighted by Gasteiger charge is -2.71. The monoisotopic (exact) mass is 503 g/mol. The zero-order chi connectivity index (χ0) is 27.0. The SMILES string of the molecule is C=CCOC1=C(C)C2=CC=C3[C@@](C)(CC[C@@]4(CC)[C@@H]5C[C@](C)(C(N)=O)CC[C@]5(C)CC[C@]34C)C2=CC1=O. The topological polar surface area (TPSA) is 69.4 Å². The van der Waals surface area contributed by atoms with E-state index in [-0.39, 0.29) is 33.4 Å². The molecule has 0 bridgehead atoms. The van der Waals surface area contributed by atoms with Crippen molar-refractivity contribution < 1.29 is 14.3 Å². The molecule has 4 nitrogen and oxygen atoms in total. The molecule has 0 spiro atoms. The van der Waals surface area contributed by atoms with E-state index >= 15 is 0 Å². The summed E-state index contributed by atoms with van der Waals surface area (Å²) in [7, 11) is 0. The number of primary amides is 1. The average Bonchev–Trinajstić information content (AvgIpc) is 2.85. The van der Waals surface area contributed by atoms with Crippen molar-refractivity contribution >= 4 is 11.7 Å². The summed E-state index contributed by atoms with van der Waals surface area (Å²) in [5.41, 5.74) is 10.4.